The predicted molar refractivity (Wildman–Crippen MR) is 88.6 cm³/mol. The first kappa shape index (κ1) is 15.7. The number of thiazole rings is 1. The Kier molecular flexibility index (Phi) is 4.43. The number of aromatic nitrogens is 1. The number of carbonyl (C=O) groups excluding carboxylic acids is 1. The van der Waals surface area contributed by atoms with Gasteiger partial charge in [0, 0.05) is 18.2 Å². The van der Waals surface area contributed by atoms with Crippen LogP contribution in [0.5, 0.6) is 0 Å². The number of hydrogen-bond donors (Lipinski definition) is 1. The van der Waals surface area contributed by atoms with Gasteiger partial charge in [-0.15, -0.1) is 11.3 Å². The van der Waals surface area contributed by atoms with E-state index >= 15 is 0 Å². The zero-order chi connectivity index (χ0) is 16.4. The number of aliphatic carboxylic acids is 1. The van der Waals surface area contributed by atoms with Crippen LogP contribution in [0.2, 0.25) is 0 Å². The molecule has 1 aliphatic rings. The van der Waals surface area contributed by atoms with E-state index in [1.807, 2.05) is 37.3 Å². The maximum Gasteiger partial charge on any atom is 0.305 e. The van der Waals surface area contributed by atoms with Crippen LogP contribution in [-0.4, -0.2) is 39.5 Å². The summed E-state index contributed by atoms with van der Waals surface area (Å²) in [6.45, 7) is 2.49. The van der Waals surface area contributed by atoms with Crippen molar-refractivity contribution < 1.29 is 14.7 Å². The van der Waals surface area contributed by atoms with E-state index in [1.165, 1.54) is 11.3 Å². The Labute approximate surface area is 138 Å². The zero-order valence-corrected chi connectivity index (χ0v) is 13.7. The van der Waals surface area contributed by atoms with E-state index < -0.39 is 5.97 Å². The molecule has 5 nitrogen and oxygen atoms in total. The standard InChI is InChI=1S/C17H18N2O3S/c1-11-18-15(12-6-3-2-4-7-12)16(23-11)17(22)19-9-5-8-13(19)10-14(20)21/h2-4,6-7,13H,5,8-10H2,1H3,(H,20,21). The highest BCUT2D eigenvalue weighted by atomic mass is 32.1. The molecule has 1 fully saturated rings. The fourth-order valence-electron chi connectivity index (χ4n) is 3.01. The van der Waals surface area contributed by atoms with Crippen LogP contribution in [0.15, 0.2) is 30.3 Å². The molecule has 0 saturated carbocycles. The minimum absolute atomic E-state index is 0.00416. The largest absolute Gasteiger partial charge is 0.481 e. The maximum absolute atomic E-state index is 12.9. The van der Waals surface area contributed by atoms with Crippen molar-refractivity contribution in [3.05, 3.63) is 40.2 Å². The molecule has 0 radical (unpaired) electrons. The summed E-state index contributed by atoms with van der Waals surface area (Å²) in [6.07, 6.45) is 1.60. The lowest BCUT2D eigenvalue weighted by atomic mass is 10.1. The van der Waals surface area contributed by atoms with Crippen LogP contribution in [0.3, 0.4) is 0 Å². The molecule has 1 atom stereocenters. The van der Waals surface area contributed by atoms with Crippen molar-refractivity contribution in [1.29, 1.82) is 0 Å². The average molecular weight is 330 g/mol. The van der Waals surface area contributed by atoms with Crippen molar-refractivity contribution in [2.45, 2.75) is 32.2 Å². The Morgan fingerprint density at radius 2 is 2.09 bits per heavy atom. The normalized spacial score (nSPS) is 17.4. The number of rotatable bonds is 4. The number of aryl methyl sites for hydroxylation is 1. The van der Waals surface area contributed by atoms with Gasteiger partial charge in [0.1, 0.15) is 4.88 Å². The highest BCUT2D eigenvalue weighted by Crippen LogP contribution is 2.31. The molecule has 1 aliphatic heterocycles. The van der Waals surface area contributed by atoms with E-state index in [9.17, 15) is 9.59 Å². The maximum atomic E-state index is 12.9. The number of carbonyl (C=O) groups is 2. The molecule has 0 aliphatic carbocycles. The molecule has 1 N–H and O–H groups in total. The molecular weight excluding hydrogens is 312 g/mol. The van der Waals surface area contributed by atoms with Gasteiger partial charge in [-0.3, -0.25) is 9.59 Å². The van der Waals surface area contributed by atoms with Gasteiger partial charge in [0.2, 0.25) is 0 Å². The number of nitrogens with zero attached hydrogens (tertiary/aromatic N) is 2. The van der Waals surface area contributed by atoms with Crippen molar-refractivity contribution in [3.8, 4) is 11.3 Å². The van der Waals surface area contributed by atoms with Crippen molar-refractivity contribution >= 4 is 23.2 Å². The molecule has 1 unspecified atom stereocenters. The Bertz CT molecular complexity index is 727. The molecule has 3 rings (SSSR count). The lowest BCUT2D eigenvalue weighted by Crippen LogP contribution is -2.36. The molecule has 2 aromatic rings. The van der Waals surface area contributed by atoms with Gasteiger partial charge in [0.05, 0.1) is 17.1 Å². The molecule has 6 heteroatoms. The number of hydrogen-bond acceptors (Lipinski definition) is 4. The number of amides is 1. The van der Waals surface area contributed by atoms with E-state index in [-0.39, 0.29) is 18.4 Å². The fourth-order valence-corrected chi connectivity index (χ4v) is 3.91. The van der Waals surface area contributed by atoms with Gasteiger partial charge in [-0.2, -0.15) is 0 Å². The predicted octanol–water partition coefficient (Wildman–Crippen LogP) is 3.20. The van der Waals surface area contributed by atoms with E-state index in [1.54, 1.807) is 4.90 Å². The number of benzene rings is 1. The second kappa shape index (κ2) is 6.50. The zero-order valence-electron chi connectivity index (χ0n) is 12.9. The quantitative estimate of drug-likeness (QED) is 0.934. The van der Waals surface area contributed by atoms with Crippen LogP contribution in [0, 0.1) is 6.92 Å². The van der Waals surface area contributed by atoms with Crippen LogP contribution >= 0.6 is 11.3 Å². The number of likely N-dealkylation sites (tertiary alicyclic amines) is 1. The summed E-state index contributed by atoms with van der Waals surface area (Å²) in [7, 11) is 0. The Morgan fingerprint density at radius 1 is 1.35 bits per heavy atom. The third-order valence-electron chi connectivity index (χ3n) is 4.02. The minimum Gasteiger partial charge on any atom is -0.481 e. The monoisotopic (exact) mass is 330 g/mol. The van der Waals surface area contributed by atoms with E-state index in [0.29, 0.717) is 17.1 Å². The summed E-state index contributed by atoms with van der Waals surface area (Å²) < 4.78 is 0. The summed E-state index contributed by atoms with van der Waals surface area (Å²) in [6, 6.07) is 9.41. The topological polar surface area (TPSA) is 70.5 Å². The van der Waals surface area contributed by atoms with Gasteiger partial charge in [0.15, 0.2) is 0 Å². The summed E-state index contributed by atoms with van der Waals surface area (Å²) in [5.74, 6) is -0.961. The van der Waals surface area contributed by atoms with Crippen molar-refractivity contribution in [2.75, 3.05) is 6.54 Å². The molecule has 120 valence electrons. The molecule has 1 amide bonds. The fraction of sp³-hybridized carbons (Fsp3) is 0.353. The van der Waals surface area contributed by atoms with Crippen LogP contribution in [0.1, 0.15) is 33.9 Å². The highest BCUT2D eigenvalue weighted by Gasteiger charge is 2.33. The smallest absolute Gasteiger partial charge is 0.305 e. The van der Waals surface area contributed by atoms with Crippen LogP contribution in [-0.2, 0) is 4.79 Å². The van der Waals surface area contributed by atoms with Gasteiger partial charge in [0.25, 0.3) is 5.91 Å². The summed E-state index contributed by atoms with van der Waals surface area (Å²) in [5.41, 5.74) is 1.60. The van der Waals surface area contributed by atoms with E-state index in [2.05, 4.69) is 4.98 Å². The molecule has 0 spiro atoms. The van der Waals surface area contributed by atoms with Gasteiger partial charge in [-0.1, -0.05) is 30.3 Å². The second-order valence-corrected chi connectivity index (χ2v) is 6.87. The molecule has 0 bridgehead atoms. The first-order valence-corrected chi connectivity index (χ1v) is 8.43. The van der Waals surface area contributed by atoms with Crippen molar-refractivity contribution in [2.24, 2.45) is 0 Å². The van der Waals surface area contributed by atoms with E-state index in [4.69, 9.17) is 5.11 Å². The van der Waals surface area contributed by atoms with Crippen LogP contribution in [0.4, 0.5) is 0 Å². The third kappa shape index (κ3) is 3.27. The number of carboxylic acids is 1. The first-order valence-electron chi connectivity index (χ1n) is 7.62. The summed E-state index contributed by atoms with van der Waals surface area (Å²) in [4.78, 5) is 30.8. The highest BCUT2D eigenvalue weighted by molar-refractivity contribution is 7.14. The number of carboxylic acid groups (broad SMARTS) is 1. The summed E-state index contributed by atoms with van der Waals surface area (Å²) >= 11 is 1.38. The molecule has 1 saturated heterocycles. The van der Waals surface area contributed by atoms with Gasteiger partial charge >= 0.3 is 5.97 Å². The van der Waals surface area contributed by atoms with Gasteiger partial charge in [-0.05, 0) is 19.8 Å². The SMILES string of the molecule is Cc1nc(-c2ccccc2)c(C(=O)N2CCCC2CC(=O)O)s1. The molecular formula is C17H18N2O3S. The van der Waals surface area contributed by atoms with Crippen molar-refractivity contribution in [1.82, 2.24) is 9.88 Å². The third-order valence-corrected chi connectivity index (χ3v) is 4.98. The average Bonchev–Trinajstić information content (AvgIpc) is 3.13. The van der Waals surface area contributed by atoms with Crippen LogP contribution in [0.25, 0.3) is 11.3 Å². The van der Waals surface area contributed by atoms with Gasteiger partial charge in [-0.25, -0.2) is 4.98 Å². The second-order valence-electron chi connectivity index (χ2n) is 5.67. The molecule has 23 heavy (non-hydrogen) atoms. The van der Waals surface area contributed by atoms with Crippen molar-refractivity contribution in [3.63, 3.8) is 0 Å². The Balaban J connectivity index is 1.92. The Morgan fingerprint density at radius 3 is 2.78 bits per heavy atom. The summed E-state index contributed by atoms with van der Waals surface area (Å²) in [5, 5.41) is 9.87. The van der Waals surface area contributed by atoms with E-state index in [0.717, 1.165) is 23.4 Å². The minimum atomic E-state index is -0.863. The lowest BCUT2D eigenvalue weighted by molar-refractivity contribution is -0.137. The van der Waals surface area contributed by atoms with Gasteiger partial charge < -0.3 is 10.0 Å². The molecule has 2 heterocycles. The Hall–Kier alpha value is -2.21. The lowest BCUT2D eigenvalue weighted by Gasteiger charge is -2.23. The molecule has 1 aromatic heterocycles. The molecule has 1 aromatic carbocycles. The first-order chi connectivity index (χ1) is 11.1. The van der Waals surface area contributed by atoms with Crippen LogP contribution < -0.4 is 0 Å².